The average Bonchev–Trinajstić information content (AvgIpc) is 3.64. The van der Waals surface area contributed by atoms with E-state index in [1.165, 1.54) is 18.9 Å². The molecular formula is C28H45N5O6. The van der Waals surface area contributed by atoms with Gasteiger partial charge in [0.1, 0.15) is 12.1 Å². The molecule has 0 bridgehead atoms. The molecule has 2 saturated carbocycles. The fourth-order valence-electron chi connectivity index (χ4n) is 5.64. The third-order valence-electron chi connectivity index (χ3n) is 8.12. The molecule has 5 amide bonds. The van der Waals surface area contributed by atoms with Crippen molar-refractivity contribution >= 4 is 35.3 Å². The average molecular weight is 548 g/mol. The second kappa shape index (κ2) is 12.9. The van der Waals surface area contributed by atoms with E-state index in [0.29, 0.717) is 19.4 Å². The van der Waals surface area contributed by atoms with Crippen molar-refractivity contribution in [1.29, 1.82) is 0 Å². The van der Waals surface area contributed by atoms with Crippen molar-refractivity contribution in [1.82, 2.24) is 26.2 Å². The van der Waals surface area contributed by atoms with Crippen LogP contribution in [-0.4, -0.2) is 78.0 Å². The molecule has 1 aliphatic heterocycles. The second-order valence-electron chi connectivity index (χ2n) is 12.3. The first-order valence-electron chi connectivity index (χ1n) is 14.3. The topological polar surface area (TPSA) is 154 Å². The number of ketones is 2. The normalized spacial score (nSPS) is 22.3. The molecule has 0 spiro atoms. The molecule has 4 N–H and O–H groups in total. The Kier molecular flexibility index (Phi) is 10.1. The van der Waals surface area contributed by atoms with Crippen molar-refractivity contribution in [3.8, 4) is 0 Å². The van der Waals surface area contributed by atoms with E-state index in [1.54, 1.807) is 0 Å². The molecular weight excluding hydrogens is 502 g/mol. The predicted molar refractivity (Wildman–Crippen MR) is 144 cm³/mol. The van der Waals surface area contributed by atoms with Gasteiger partial charge in [0.15, 0.2) is 5.78 Å². The van der Waals surface area contributed by atoms with Gasteiger partial charge in [0, 0.05) is 19.5 Å². The molecule has 4 atom stereocenters. The van der Waals surface area contributed by atoms with Gasteiger partial charge in [-0.1, -0.05) is 40.0 Å². The molecule has 0 radical (unpaired) electrons. The Bertz CT molecular complexity index is 966. The lowest BCUT2D eigenvalue weighted by atomic mass is 9.81. The van der Waals surface area contributed by atoms with Crippen molar-refractivity contribution < 1.29 is 28.8 Å². The number of nitrogens with one attached hydrogen (secondary N) is 4. The van der Waals surface area contributed by atoms with Gasteiger partial charge in [0.25, 0.3) is 5.91 Å². The number of amides is 5. The van der Waals surface area contributed by atoms with Crippen LogP contribution in [0.25, 0.3) is 0 Å². The number of carbonyl (C=O) groups is 6. The molecule has 3 rings (SSSR count). The van der Waals surface area contributed by atoms with E-state index in [-0.39, 0.29) is 17.6 Å². The third kappa shape index (κ3) is 7.79. The van der Waals surface area contributed by atoms with Crippen LogP contribution in [-0.2, 0) is 24.0 Å². The number of likely N-dealkylation sites (tertiary alicyclic amines) is 1. The van der Waals surface area contributed by atoms with E-state index in [1.807, 2.05) is 20.8 Å². The monoisotopic (exact) mass is 547 g/mol. The van der Waals surface area contributed by atoms with Crippen molar-refractivity contribution in [3.05, 3.63) is 0 Å². The fraction of sp³-hybridized carbons (Fsp3) is 0.786. The minimum absolute atomic E-state index is 0.0128. The Labute approximate surface area is 231 Å². The lowest BCUT2D eigenvalue weighted by Crippen LogP contribution is -2.61. The maximum atomic E-state index is 13.8. The first kappa shape index (κ1) is 30.6. The molecule has 2 aliphatic carbocycles. The lowest BCUT2D eigenvalue weighted by Gasteiger charge is -2.36. The number of hydrogen-bond donors (Lipinski definition) is 4. The van der Waals surface area contributed by atoms with E-state index in [4.69, 9.17) is 0 Å². The van der Waals surface area contributed by atoms with Crippen LogP contribution in [0.15, 0.2) is 0 Å². The summed E-state index contributed by atoms with van der Waals surface area (Å²) in [6, 6.07) is -3.92. The van der Waals surface area contributed by atoms with Gasteiger partial charge in [-0.05, 0) is 56.8 Å². The zero-order valence-corrected chi connectivity index (χ0v) is 23.9. The molecule has 1 saturated heterocycles. The quantitative estimate of drug-likeness (QED) is 0.304. The van der Waals surface area contributed by atoms with Crippen LogP contribution < -0.4 is 21.3 Å². The number of hydrogen-bond acceptors (Lipinski definition) is 6. The van der Waals surface area contributed by atoms with Gasteiger partial charge >= 0.3 is 6.03 Å². The molecule has 1 heterocycles. The standard InChI is InChI=1S/C28H45N5O6/c1-16(21(34)25(37)29-5)30-24(36)19-12-9-15-33(19)26(38)23(28(2,3)4)32-27(39)31-20(22(35)18-13-14-18)17-10-7-6-8-11-17/h16-20,23H,6-15H2,1-5H3,(H,29,37)(H,30,36)(H2,31,32,39)/t16?,19-,20?,23?/m0/s1. The Morgan fingerprint density at radius 1 is 0.821 bits per heavy atom. The first-order valence-corrected chi connectivity index (χ1v) is 14.3. The van der Waals surface area contributed by atoms with E-state index >= 15 is 0 Å². The Morgan fingerprint density at radius 3 is 2.03 bits per heavy atom. The minimum atomic E-state index is -1.04. The zero-order chi connectivity index (χ0) is 28.9. The maximum Gasteiger partial charge on any atom is 0.316 e. The van der Waals surface area contributed by atoms with Gasteiger partial charge < -0.3 is 26.2 Å². The highest BCUT2D eigenvalue weighted by atomic mass is 16.2. The predicted octanol–water partition coefficient (Wildman–Crippen LogP) is 1.44. The van der Waals surface area contributed by atoms with Gasteiger partial charge in [-0.2, -0.15) is 0 Å². The van der Waals surface area contributed by atoms with E-state index < -0.39 is 59.1 Å². The molecule has 11 heteroatoms. The molecule has 218 valence electrons. The van der Waals surface area contributed by atoms with Crippen molar-refractivity contribution in [2.24, 2.45) is 17.3 Å². The molecule has 0 aromatic rings. The summed E-state index contributed by atoms with van der Waals surface area (Å²) in [5.74, 6) is -2.30. The summed E-state index contributed by atoms with van der Waals surface area (Å²) in [6.07, 6.45) is 7.73. The molecule has 3 fully saturated rings. The molecule has 11 nitrogen and oxygen atoms in total. The molecule has 0 aromatic heterocycles. The van der Waals surface area contributed by atoms with E-state index in [9.17, 15) is 28.8 Å². The highest BCUT2D eigenvalue weighted by Crippen LogP contribution is 2.35. The molecule has 3 aliphatic rings. The molecule has 39 heavy (non-hydrogen) atoms. The second-order valence-corrected chi connectivity index (χ2v) is 12.3. The third-order valence-corrected chi connectivity index (χ3v) is 8.12. The number of nitrogens with zero attached hydrogens (tertiary/aromatic N) is 1. The van der Waals surface area contributed by atoms with Gasteiger partial charge in [0.05, 0.1) is 12.1 Å². The number of carbonyl (C=O) groups excluding carboxylic acids is 6. The summed E-state index contributed by atoms with van der Waals surface area (Å²) in [4.78, 5) is 78.3. The van der Waals surface area contributed by atoms with Crippen LogP contribution in [0.3, 0.4) is 0 Å². The van der Waals surface area contributed by atoms with Crippen molar-refractivity contribution in [2.75, 3.05) is 13.6 Å². The van der Waals surface area contributed by atoms with Crippen molar-refractivity contribution in [2.45, 2.75) is 110 Å². The molecule has 3 unspecified atom stereocenters. The van der Waals surface area contributed by atoms with Crippen LogP contribution in [0, 0.1) is 17.3 Å². The Hall–Kier alpha value is -2.98. The highest BCUT2D eigenvalue weighted by Gasteiger charge is 2.44. The molecule has 0 aromatic carbocycles. The van der Waals surface area contributed by atoms with Crippen LogP contribution in [0.4, 0.5) is 4.79 Å². The maximum absolute atomic E-state index is 13.8. The number of Topliss-reactive ketones (excluding diaryl/α,β-unsaturated/α-hetero) is 2. The fourth-order valence-corrected chi connectivity index (χ4v) is 5.64. The number of likely N-dealkylation sites (N-methyl/N-ethyl adjacent to an activating group) is 1. The van der Waals surface area contributed by atoms with E-state index in [0.717, 1.165) is 44.9 Å². The summed E-state index contributed by atoms with van der Waals surface area (Å²) >= 11 is 0. The first-order chi connectivity index (χ1) is 18.3. The summed E-state index contributed by atoms with van der Waals surface area (Å²) in [7, 11) is 1.33. The van der Waals surface area contributed by atoms with Gasteiger partial charge in [-0.15, -0.1) is 0 Å². The summed E-state index contributed by atoms with van der Waals surface area (Å²) in [6.45, 7) is 7.25. The Balaban J connectivity index is 1.69. The lowest BCUT2D eigenvalue weighted by molar-refractivity contribution is -0.143. The van der Waals surface area contributed by atoms with Crippen LogP contribution in [0.5, 0.6) is 0 Å². The van der Waals surface area contributed by atoms with Crippen LogP contribution in [0.2, 0.25) is 0 Å². The van der Waals surface area contributed by atoms with Crippen LogP contribution in [0.1, 0.15) is 85.5 Å². The summed E-state index contributed by atoms with van der Waals surface area (Å²) in [5.41, 5.74) is -0.679. The van der Waals surface area contributed by atoms with E-state index in [2.05, 4.69) is 21.3 Å². The van der Waals surface area contributed by atoms with Crippen LogP contribution >= 0.6 is 0 Å². The zero-order valence-electron chi connectivity index (χ0n) is 23.9. The minimum Gasteiger partial charge on any atom is -0.353 e. The summed E-state index contributed by atoms with van der Waals surface area (Å²) in [5, 5.41) is 10.5. The largest absolute Gasteiger partial charge is 0.353 e. The Morgan fingerprint density at radius 2 is 1.46 bits per heavy atom. The number of rotatable bonds is 10. The van der Waals surface area contributed by atoms with Gasteiger partial charge in [-0.25, -0.2) is 4.79 Å². The SMILES string of the molecule is CNC(=O)C(=O)C(C)NC(=O)[C@@H]1CCCN1C(=O)C(NC(=O)NC(C(=O)C1CC1)C1CCCCC1)C(C)(C)C. The van der Waals surface area contributed by atoms with Gasteiger partial charge in [0.2, 0.25) is 17.6 Å². The number of urea groups is 1. The van der Waals surface area contributed by atoms with Gasteiger partial charge in [-0.3, -0.25) is 24.0 Å². The van der Waals surface area contributed by atoms with Crippen molar-refractivity contribution in [3.63, 3.8) is 0 Å². The highest BCUT2D eigenvalue weighted by molar-refractivity contribution is 6.38. The summed E-state index contributed by atoms with van der Waals surface area (Å²) < 4.78 is 0. The smallest absolute Gasteiger partial charge is 0.316 e.